The molecule has 1 amide bonds. The molecule has 0 radical (unpaired) electrons. The lowest BCUT2D eigenvalue weighted by Crippen LogP contribution is -2.37. The van der Waals surface area contributed by atoms with E-state index in [0.717, 1.165) is 5.56 Å². The average Bonchev–Trinajstić information content (AvgIpc) is 2.67. The van der Waals surface area contributed by atoms with Crippen molar-refractivity contribution in [2.24, 2.45) is 5.92 Å². The Balaban J connectivity index is 2.37. The highest BCUT2D eigenvalue weighted by molar-refractivity contribution is 5.96. The predicted molar refractivity (Wildman–Crippen MR) is 100 cm³/mol. The molecule has 0 aliphatic heterocycles. The van der Waals surface area contributed by atoms with E-state index < -0.39 is 16.8 Å². The van der Waals surface area contributed by atoms with Crippen LogP contribution in [0.4, 0.5) is 5.69 Å². The number of hydrogen-bond acceptors (Lipinski definition) is 5. The van der Waals surface area contributed by atoms with E-state index in [1.54, 1.807) is 19.9 Å². The molecule has 0 heterocycles. The number of esters is 1. The summed E-state index contributed by atoms with van der Waals surface area (Å²) < 4.78 is 4.76. The Labute approximate surface area is 157 Å². The highest BCUT2D eigenvalue weighted by Crippen LogP contribution is 2.23. The predicted octanol–water partition coefficient (Wildman–Crippen LogP) is 3.35. The van der Waals surface area contributed by atoms with Crippen LogP contribution in [-0.2, 0) is 16.1 Å². The molecule has 2 rings (SSSR count). The zero-order valence-electron chi connectivity index (χ0n) is 15.5. The highest BCUT2D eigenvalue weighted by atomic mass is 16.6. The summed E-state index contributed by atoms with van der Waals surface area (Å²) in [4.78, 5) is 37.2. The molecule has 1 unspecified atom stereocenters. The van der Waals surface area contributed by atoms with Gasteiger partial charge in [-0.2, -0.15) is 0 Å². The molecule has 0 saturated heterocycles. The molecule has 7 nitrogen and oxygen atoms in total. The van der Waals surface area contributed by atoms with E-state index in [-0.39, 0.29) is 30.2 Å². The van der Waals surface area contributed by atoms with Crippen molar-refractivity contribution in [3.05, 3.63) is 75.3 Å². The molecule has 0 aromatic heterocycles. The summed E-state index contributed by atoms with van der Waals surface area (Å²) >= 11 is 0. The fraction of sp³-hybridized carbons (Fsp3) is 0.300. The maximum absolute atomic E-state index is 13.1. The first-order valence-corrected chi connectivity index (χ1v) is 8.50. The summed E-state index contributed by atoms with van der Waals surface area (Å²) in [5, 5.41) is 11.2. The summed E-state index contributed by atoms with van der Waals surface area (Å²) in [7, 11) is 1.30. The topological polar surface area (TPSA) is 89.8 Å². The maximum Gasteiger partial charge on any atom is 0.310 e. The van der Waals surface area contributed by atoms with Gasteiger partial charge in [0.2, 0.25) is 0 Å². The molecule has 0 N–H and O–H groups in total. The van der Waals surface area contributed by atoms with Crippen molar-refractivity contribution < 1.29 is 19.2 Å². The van der Waals surface area contributed by atoms with Crippen LogP contribution in [0.25, 0.3) is 0 Å². The SMILES string of the molecule is COC(=O)C(C)CN(Cc1ccccc1)C(=O)c1cccc([N+](=O)[O-])c1C. The lowest BCUT2D eigenvalue weighted by atomic mass is 10.0. The number of carbonyl (C=O) groups is 2. The maximum atomic E-state index is 13.1. The second-order valence-corrected chi connectivity index (χ2v) is 6.30. The zero-order chi connectivity index (χ0) is 20.0. The Morgan fingerprint density at radius 2 is 1.81 bits per heavy atom. The number of ether oxygens (including phenoxy) is 1. The first kappa shape index (κ1) is 20.1. The molecule has 0 bridgehead atoms. The van der Waals surface area contributed by atoms with E-state index in [1.165, 1.54) is 24.1 Å². The summed E-state index contributed by atoms with van der Waals surface area (Å²) in [5.74, 6) is -1.31. The van der Waals surface area contributed by atoms with Crippen LogP contribution in [0.3, 0.4) is 0 Å². The number of rotatable bonds is 7. The normalized spacial score (nSPS) is 11.5. The minimum Gasteiger partial charge on any atom is -0.469 e. The van der Waals surface area contributed by atoms with E-state index in [0.29, 0.717) is 5.56 Å². The third-order valence-corrected chi connectivity index (χ3v) is 4.33. The van der Waals surface area contributed by atoms with Gasteiger partial charge in [0.1, 0.15) is 0 Å². The van der Waals surface area contributed by atoms with Crippen LogP contribution in [0.15, 0.2) is 48.5 Å². The molecule has 0 spiro atoms. The smallest absolute Gasteiger partial charge is 0.310 e. The van der Waals surface area contributed by atoms with Gasteiger partial charge in [0.05, 0.1) is 18.0 Å². The standard InChI is InChI=1S/C20H22N2O5/c1-14(20(24)27-3)12-21(13-16-8-5-4-6-9-16)19(23)17-10-7-11-18(15(17)2)22(25)26/h4-11,14H,12-13H2,1-3H3. The average molecular weight is 370 g/mol. The number of hydrogen-bond donors (Lipinski definition) is 0. The van der Waals surface area contributed by atoms with E-state index >= 15 is 0 Å². The molecule has 0 aliphatic carbocycles. The molecule has 142 valence electrons. The second kappa shape index (κ2) is 8.93. The van der Waals surface area contributed by atoms with Gasteiger partial charge in [-0.15, -0.1) is 0 Å². The number of amides is 1. The van der Waals surface area contributed by atoms with E-state index in [1.807, 2.05) is 30.3 Å². The van der Waals surface area contributed by atoms with Gasteiger partial charge < -0.3 is 9.64 Å². The van der Waals surface area contributed by atoms with Crippen LogP contribution in [0.2, 0.25) is 0 Å². The first-order valence-electron chi connectivity index (χ1n) is 8.50. The van der Waals surface area contributed by atoms with E-state index in [2.05, 4.69) is 0 Å². The van der Waals surface area contributed by atoms with Gasteiger partial charge in [-0.05, 0) is 18.6 Å². The number of nitro groups is 1. The molecular weight excluding hydrogens is 348 g/mol. The van der Waals surface area contributed by atoms with Gasteiger partial charge in [0.15, 0.2) is 0 Å². The summed E-state index contributed by atoms with van der Waals surface area (Å²) in [6.45, 7) is 3.65. The van der Waals surface area contributed by atoms with Crippen molar-refractivity contribution in [2.45, 2.75) is 20.4 Å². The summed E-state index contributed by atoms with van der Waals surface area (Å²) in [6.07, 6.45) is 0. The van der Waals surface area contributed by atoms with Crippen LogP contribution in [0.1, 0.15) is 28.4 Å². The van der Waals surface area contributed by atoms with Crippen LogP contribution < -0.4 is 0 Å². The Kier molecular flexibility index (Phi) is 6.65. The molecule has 0 aliphatic rings. The molecule has 7 heteroatoms. The van der Waals surface area contributed by atoms with Crippen molar-refractivity contribution in [2.75, 3.05) is 13.7 Å². The van der Waals surface area contributed by atoms with Crippen LogP contribution in [0.5, 0.6) is 0 Å². The lowest BCUT2D eigenvalue weighted by molar-refractivity contribution is -0.385. The third kappa shape index (κ3) is 4.91. The van der Waals surface area contributed by atoms with Gasteiger partial charge in [-0.1, -0.05) is 43.3 Å². The van der Waals surface area contributed by atoms with Crippen molar-refractivity contribution in [1.82, 2.24) is 4.90 Å². The molecule has 0 fully saturated rings. The number of carbonyl (C=O) groups excluding carboxylic acids is 2. The van der Waals surface area contributed by atoms with Crippen molar-refractivity contribution in [1.29, 1.82) is 0 Å². The van der Waals surface area contributed by atoms with Crippen molar-refractivity contribution in [3.63, 3.8) is 0 Å². The van der Waals surface area contributed by atoms with Gasteiger partial charge in [-0.3, -0.25) is 19.7 Å². The van der Waals surface area contributed by atoms with Crippen molar-refractivity contribution in [3.8, 4) is 0 Å². The Hall–Kier alpha value is -3.22. The number of methoxy groups -OCH3 is 1. The third-order valence-electron chi connectivity index (χ3n) is 4.33. The fourth-order valence-corrected chi connectivity index (χ4v) is 2.85. The lowest BCUT2D eigenvalue weighted by Gasteiger charge is -2.26. The number of nitro benzene ring substituents is 1. The van der Waals surface area contributed by atoms with Crippen LogP contribution in [0, 0.1) is 23.0 Å². The monoisotopic (exact) mass is 370 g/mol. The van der Waals surface area contributed by atoms with Crippen LogP contribution in [-0.4, -0.2) is 35.4 Å². The molecule has 27 heavy (non-hydrogen) atoms. The first-order chi connectivity index (χ1) is 12.8. The van der Waals surface area contributed by atoms with Gasteiger partial charge in [0, 0.05) is 30.3 Å². The van der Waals surface area contributed by atoms with Crippen LogP contribution >= 0.6 is 0 Å². The van der Waals surface area contributed by atoms with Crippen molar-refractivity contribution >= 4 is 17.6 Å². The highest BCUT2D eigenvalue weighted by Gasteiger charge is 2.26. The Bertz CT molecular complexity index is 836. The molecular formula is C20H22N2O5. The molecule has 2 aromatic rings. The quantitative estimate of drug-likeness (QED) is 0.423. The van der Waals surface area contributed by atoms with Gasteiger partial charge in [0.25, 0.3) is 11.6 Å². The minimum absolute atomic E-state index is 0.110. The molecule has 0 saturated carbocycles. The second-order valence-electron chi connectivity index (χ2n) is 6.30. The Morgan fingerprint density at radius 3 is 2.41 bits per heavy atom. The number of benzene rings is 2. The summed E-state index contributed by atoms with van der Waals surface area (Å²) in [6, 6.07) is 13.8. The van der Waals surface area contributed by atoms with E-state index in [4.69, 9.17) is 4.74 Å². The zero-order valence-corrected chi connectivity index (χ0v) is 15.5. The summed E-state index contributed by atoms with van der Waals surface area (Å²) in [5.41, 5.74) is 1.33. The number of nitrogens with zero attached hydrogens (tertiary/aromatic N) is 2. The minimum atomic E-state index is -0.526. The Morgan fingerprint density at radius 1 is 1.15 bits per heavy atom. The fourth-order valence-electron chi connectivity index (χ4n) is 2.85. The molecule has 2 aromatic carbocycles. The largest absolute Gasteiger partial charge is 0.469 e. The van der Waals surface area contributed by atoms with E-state index in [9.17, 15) is 19.7 Å². The molecule has 1 atom stereocenters. The van der Waals surface area contributed by atoms with Gasteiger partial charge in [-0.25, -0.2) is 0 Å². The van der Waals surface area contributed by atoms with Gasteiger partial charge >= 0.3 is 5.97 Å².